The van der Waals surface area contributed by atoms with E-state index in [9.17, 15) is 4.79 Å². The molecule has 0 saturated carbocycles. The summed E-state index contributed by atoms with van der Waals surface area (Å²) >= 11 is 0. The summed E-state index contributed by atoms with van der Waals surface area (Å²) in [5, 5.41) is 2.89. The van der Waals surface area contributed by atoms with Gasteiger partial charge in [0.25, 0.3) is 0 Å². The summed E-state index contributed by atoms with van der Waals surface area (Å²) in [4.78, 5) is 12.0. The molecule has 1 heterocycles. The van der Waals surface area contributed by atoms with Crippen LogP contribution in [0.25, 0.3) is 0 Å². The van der Waals surface area contributed by atoms with E-state index in [4.69, 9.17) is 9.47 Å². The number of hydrogen-bond donors (Lipinski definition) is 1. The van der Waals surface area contributed by atoms with E-state index in [-0.39, 0.29) is 18.6 Å². The second-order valence-electron chi connectivity index (χ2n) is 4.18. The van der Waals surface area contributed by atoms with Crippen molar-refractivity contribution < 1.29 is 14.3 Å². The van der Waals surface area contributed by atoms with Gasteiger partial charge < -0.3 is 14.8 Å². The minimum Gasteiger partial charge on any atom is -0.457 e. The van der Waals surface area contributed by atoms with E-state index in [1.807, 2.05) is 30.3 Å². The molecule has 0 fully saturated rings. The number of nitrogens with one attached hydrogen (secondary N) is 1. The molecule has 1 unspecified atom stereocenters. The first-order valence-corrected chi connectivity index (χ1v) is 5.84. The van der Waals surface area contributed by atoms with Crippen LogP contribution < -0.4 is 5.32 Å². The van der Waals surface area contributed by atoms with Gasteiger partial charge in [0.1, 0.15) is 5.92 Å². The van der Waals surface area contributed by atoms with Crippen molar-refractivity contribution >= 4 is 5.91 Å². The van der Waals surface area contributed by atoms with Crippen LogP contribution in [0.15, 0.2) is 54.0 Å². The molecule has 1 aromatic rings. The summed E-state index contributed by atoms with van der Waals surface area (Å²) in [5.74, 6) is 0.882. The van der Waals surface area contributed by atoms with Crippen LogP contribution in [0.2, 0.25) is 0 Å². The zero-order valence-corrected chi connectivity index (χ0v) is 9.76. The van der Waals surface area contributed by atoms with Gasteiger partial charge in [-0.15, -0.1) is 0 Å². The maximum Gasteiger partial charge on any atom is 0.235 e. The predicted octanol–water partition coefficient (Wildman–Crippen LogP) is 1.70. The van der Waals surface area contributed by atoms with E-state index in [1.54, 1.807) is 12.2 Å². The molecule has 1 amide bonds. The predicted molar refractivity (Wildman–Crippen MR) is 65.0 cm³/mol. The molecule has 0 saturated heterocycles. The van der Waals surface area contributed by atoms with Crippen molar-refractivity contribution in [2.24, 2.45) is 5.92 Å². The number of carbonyl (C=O) groups excluding carboxylic acids is 1. The minimum atomic E-state index is -0.355. The van der Waals surface area contributed by atoms with E-state index in [1.165, 1.54) is 0 Å². The highest BCUT2D eigenvalue weighted by Crippen LogP contribution is 2.31. The Bertz CT molecular complexity index is 519. The standard InChI is InChI=1S/C14H13NO3/c16-14(15-8-10-4-2-1-3-5-10)11-6-7-12-13(11)18-9-17-12/h1-7,11H,8-9H2,(H,15,16). The summed E-state index contributed by atoms with van der Waals surface area (Å²) in [7, 11) is 0. The smallest absolute Gasteiger partial charge is 0.235 e. The number of ether oxygens (including phenoxy) is 2. The van der Waals surface area contributed by atoms with Crippen molar-refractivity contribution in [2.45, 2.75) is 6.54 Å². The number of allylic oxidation sites excluding steroid dienone is 1. The lowest BCUT2D eigenvalue weighted by Gasteiger charge is -2.11. The Balaban J connectivity index is 1.61. The minimum absolute atomic E-state index is 0.0643. The summed E-state index contributed by atoms with van der Waals surface area (Å²) in [6.07, 6.45) is 3.58. The molecule has 92 valence electrons. The molecule has 0 bridgehead atoms. The van der Waals surface area contributed by atoms with Crippen molar-refractivity contribution in [3.05, 3.63) is 59.6 Å². The third-order valence-corrected chi connectivity index (χ3v) is 2.99. The molecular weight excluding hydrogens is 230 g/mol. The highest BCUT2D eigenvalue weighted by molar-refractivity contribution is 5.84. The van der Waals surface area contributed by atoms with Gasteiger partial charge in [-0.25, -0.2) is 0 Å². The molecule has 4 heteroatoms. The Morgan fingerprint density at radius 1 is 1.28 bits per heavy atom. The van der Waals surface area contributed by atoms with Gasteiger partial charge in [-0.1, -0.05) is 36.4 Å². The molecule has 1 N–H and O–H groups in total. The van der Waals surface area contributed by atoms with E-state index in [2.05, 4.69) is 5.32 Å². The number of benzene rings is 1. The van der Waals surface area contributed by atoms with Gasteiger partial charge in [0.05, 0.1) is 0 Å². The lowest BCUT2D eigenvalue weighted by Crippen LogP contribution is -2.30. The molecule has 0 spiro atoms. The van der Waals surface area contributed by atoms with E-state index < -0.39 is 0 Å². The van der Waals surface area contributed by atoms with Gasteiger partial charge in [0.15, 0.2) is 11.5 Å². The zero-order valence-electron chi connectivity index (χ0n) is 9.76. The van der Waals surface area contributed by atoms with Crippen LogP contribution in [-0.4, -0.2) is 12.7 Å². The van der Waals surface area contributed by atoms with Crippen molar-refractivity contribution in [1.29, 1.82) is 0 Å². The highest BCUT2D eigenvalue weighted by atomic mass is 16.7. The monoisotopic (exact) mass is 243 g/mol. The van der Waals surface area contributed by atoms with Gasteiger partial charge in [-0.05, 0) is 11.6 Å². The lowest BCUT2D eigenvalue weighted by molar-refractivity contribution is -0.123. The first-order valence-electron chi connectivity index (χ1n) is 5.84. The molecule has 1 atom stereocenters. The first-order chi connectivity index (χ1) is 8.84. The molecule has 3 rings (SSSR count). The Kier molecular flexibility index (Phi) is 2.76. The molecule has 0 radical (unpaired) electrons. The van der Waals surface area contributed by atoms with Gasteiger partial charge in [-0.3, -0.25) is 4.79 Å². The third kappa shape index (κ3) is 1.97. The summed E-state index contributed by atoms with van der Waals surface area (Å²) in [6, 6.07) is 9.80. The quantitative estimate of drug-likeness (QED) is 0.879. The van der Waals surface area contributed by atoms with E-state index in [0.29, 0.717) is 18.1 Å². The highest BCUT2D eigenvalue weighted by Gasteiger charge is 2.32. The maximum atomic E-state index is 12.0. The van der Waals surface area contributed by atoms with Crippen LogP contribution in [0.1, 0.15) is 5.56 Å². The SMILES string of the molecule is O=C(NCc1ccccc1)C1C=CC2=C1OCO2. The summed E-state index contributed by atoms with van der Waals surface area (Å²) < 4.78 is 10.5. The molecule has 0 aromatic heterocycles. The molecule has 4 nitrogen and oxygen atoms in total. The Morgan fingerprint density at radius 2 is 2.11 bits per heavy atom. The van der Waals surface area contributed by atoms with Crippen LogP contribution in [0.3, 0.4) is 0 Å². The molecular formula is C14H13NO3. The molecule has 1 aliphatic carbocycles. The van der Waals surface area contributed by atoms with Crippen molar-refractivity contribution in [3.63, 3.8) is 0 Å². The summed E-state index contributed by atoms with van der Waals surface area (Å²) in [6.45, 7) is 0.727. The Morgan fingerprint density at radius 3 is 2.94 bits per heavy atom. The number of amides is 1. The van der Waals surface area contributed by atoms with Crippen molar-refractivity contribution in [3.8, 4) is 0 Å². The van der Waals surface area contributed by atoms with Crippen molar-refractivity contribution in [1.82, 2.24) is 5.32 Å². The Hall–Kier alpha value is -2.23. The molecule has 1 aromatic carbocycles. The zero-order chi connectivity index (χ0) is 12.4. The second kappa shape index (κ2) is 4.56. The fourth-order valence-electron chi connectivity index (χ4n) is 2.04. The topological polar surface area (TPSA) is 47.6 Å². The van der Waals surface area contributed by atoms with E-state index >= 15 is 0 Å². The second-order valence-corrected chi connectivity index (χ2v) is 4.18. The average molecular weight is 243 g/mol. The van der Waals surface area contributed by atoms with Gasteiger partial charge >= 0.3 is 0 Å². The van der Waals surface area contributed by atoms with Crippen LogP contribution >= 0.6 is 0 Å². The molecule has 2 aliphatic rings. The van der Waals surface area contributed by atoms with Gasteiger partial charge in [0, 0.05) is 6.54 Å². The Labute approximate surface area is 105 Å². The van der Waals surface area contributed by atoms with Crippen LogP contribution in [0.4, 0.5) is 0 Å². The first kappa shape index (κ1) is 10.9. The normalized spacial score (nSPS) is 20.3. The third-order valence-electron chi connectivity index (χ3n) is 2.99. The van der Waals surface area contributed by atoms with Crippen LogP contribution in [-0.2, 0) is 20.8 Å². The van der Waals surface area contributed by atoms with Crippen LogP contribution in [0, 0.1) is 5.92 Å². The van der Waals surface area contributed by atoms with Gasteiger partial charge in [-0.2, -0.15) is 0 Å². The van der Waals surface area contributed by atoms with Crippen LogP contribution in [0.5, 0.6) is 0 Å². The number of rotatable bonds is 3. The van der Waals surface area contributed by atoms with Gasteiger partial charge in [0.2, 0.25) is 12.7 Å². The average Bonchev–Trinajstić information content (AvgIpc) is 2.99. The molecule has 1 aliphatic heterocycles. The maximum absolute atomic E-state index is 12.0. The fraction of sp³-hybridized carbons (Fsp3) is 0.214. The number of hydrogen-bond acceptors (Lipinski definition) is 3. The largest absolute Gasteiger partial charge is 0.457 e. The lowest BCUT2D eigenvalue weighted by atomic mass is 10.1. The number of carbonyl (C=O) groups is 1. The fourth-order valence-corrected chi connectivity index (χ4v) is 2.04. The summed E-state index contributed by atoms with van der Waals surface area (Å²) in [5.41, 5.74) is 1.07. The van der Waals surface area contributed by atoms with Crippen molar-refractivity contribution in [2.75, 3.05) is 6.79 Å². The van der Waals surface area contributed by atoms with E-state index in [0.717, 1.165) is 5.56 Å². The molecule has 18 heavy (non-hydrogen) atoms.